The van der Waals surface area contributed by atoms with Crippen molar-refractivity contribution in [3.05, 3.63) is 29.3 Å². The summed E-state index contributed by atoms with van der Waals surface area (Å²) in [7, 11) is 2.02. The summed E-state index contributed by atoms with van der Waals surface area (Å²) >= 11 is 6.09. The van der Waals surface area contributed by atoms with Crippen LogP contribution in [0, 0.1) is 5.92 Å². The summed E-state index contributed by atoms with van der Waals surface area (Å²) in [5, 5.41) is 3.96. The van der Waals surface area contributed by atoms with Gasteiger partial charge in [0, 0.05) is 0 Å². The number of benzene rings is 1. The van der Waals surface area contributed by atoms with Crippen molar-refractivity contribution in [1.82, 2.24) is 5.32 Å². The van der Waals surface area contributed by atoms with E-state index in [0.717, 1.165) is 31.1 Å². The van der Waals surface area contributed by atoms with Gasteiger partial charge in [-0.05, 0) is 57.3 Å². The fraction of sp³-hybridized carbons (Fsp3) is 0.571. The highest BCUT2D eigenvalue weighted by molar-refractivity contribution is 6.32. The highest BCUT2D eigenvalue weighted by Gasteiger charge is 2.22. The molecule has 94 valence electrons. The van der Waals surface area contributed by atoms with Crippen LogP contribution < -0.4 is 10.1 Å². The van der Waals surface area contributed by atoms with Crippen LogP contribution in [-0.2, 0) is 0 Å². The first-order valence-electron chi connectivity index (χ1n) is 6.35. The smallest absolute Gasteiger partial charge is 0.138 e. The molecule has 0 saturated heterocycles. The minimum atomic E-state index is 0.336. The van der Waals surface area contributed by atoms with E-state index in [1.165, 1.54) is 12.8 Å². The van der Waals surface area contributed by atoms with E-state index in [2.05, 4.69) is 5.32 Å². The van der Waals surface area contributed by atoms with E-state index in [1.807, 2.05) is 31.3 Å². The minimum absolute atomic E-state index is 0.336. The van der Waals surface area contributed by atoms with Gasteiger partial charge in [-0.15, -0.1) is 0 Å². The van der Waals surface area contributed by atoms with Crippen LogP contribution in [0.4, 0.5) is 0 Å². The lowest BCUT2D eigenvalue weighted by Crippen LogP contribution is -2.28. The molecule has 1 saturated carbocycles. The second-order valence-electron chi connectivity index (χ2n) is 4.75. The lowest BCUT2D eigenvalue weighted by Gasteiger charge is -2.29. The van der Waals surface area contributed by atoms with Gasteiger partial charge in [0.2, 0.25) is 0 Å². The molecule has 0 unspecified atom stereocenters. The Labute approximate surface area is 108 Å². The van der Waals surface area contributed by atoms with Gasteiger partial charge in [-0.3, -0.25) is 0 Å². The maximum atomic E-state index is 6.09. The molecule has 0 heterocycles. The van der Waals surface area contributed by atoms with Gasteiger partial charge in [-0.1, -0.05) is 23.7 Å². The second-order valence-corrected chi connectivity index (χ2v) is 5.16. The van der Waals surface area contributed by atoms with Crippen LogP contribution in [0.1, 0.15) is 25.7 Å². The number of para-hydroxylation sites is 1. The second kappa shape index (κ2) is 6.27. The SMILES string of the molecule is CNCC1CCC(Oc2ccccc2Cl)CC1. The van der Waals surface area contributed by atoms with Crippen molar-refractivity contribution in [3.8, 4) is 5.75 Å². The van der Waals surface area contributed by atoms with Crippen molar-refractivity contribution in [2.24, 2.45) is 5.92 Å². The molecule has 0 aromatic heterocycles. The van der Waals surface area contributed by atoms with E-state index < -0.39 is 0 Å². The highest BCUT2D eigenvalue weighted by Crippen LogP contribution is 2.30. The first-order chi connectivity index (χ1) is 8.29. The summed E-state index contributed by atoms with van der Waals surface area (Å²) in [6.45, 7) is 1.12. The van der Waals surface area contributed by atoms with Gasteiger partial charge in [0.1, 0.15) is 5.75 Å². The molecule has 3 heteroatoms. The van der Waals surface area contributed by atoms with Crippen molar-refractivity contribution < 1.29 is 4.74 Å². The molecule has 2 rings (SSSR count). The summed E-state index contributed by atoms with van der Waals surface area (Å²) in [6, 6.07) is 7.72. The molecule has 1 N–H and O–H groups in total. The Hall–Kier alpha value is -0.730. The van der Waals surface area contributed by atoms with Crippen LogP contribution in [0.25, 0.3) is 0 Å². The van der Waals surface area contributed by atoms with Crippen LogP contribution in [0.2, 0.25) is 5.02 Å². The summed E-state index contributed by atoms with van der Waals surface area (Å²) in [5.74, 6) is 1.64. The third-order valence-electron chi connectivity index (χ3n) is 3.42. The number of hydrogen-bond acceptors (Lipinski definition) is 2. The first kappa shape index (κ1) is 12.7. The fourth-order valence-corrected chi connectivity index (χ4v) is 2.64. The zero-order chi connectivity index (χ0) is 12.1. The zero-order valence-corrected chi connectivity index (χ0v) is 11.0. The van der Waals surface area contributed by atoms with Crippen molar-refractivity contribution >= 4 is 11.6 Å². The van der Waals surface area contributed by atoms with Crippen molar-refractivity contribution in [1.29, 1.82) is 0 Å². The molecule has 1 aromatic rings. The van der Waals surface area contributed by atoms with Crippen molar-refractivity contribution in [2.45, 2.75) is 31.8 Å². The average Bonchev–Trinajstić information content (AvgIpc) is 2.35. The molecule has 1 aliphatic rings. The maximum Gasteiger partial charge on any atom is 0.138 e. The molecule has 0 radical (unpaired) electrons. The third-order valence-corrected chi connectivity index (χ3v) is 3.73. The van der Waals surface area contributed by atoms with E-state index >= 15 is 0 Å². The molecule has 0 aliphatic heterocycles. The van der Waals surface area contributed by atoms with Gasteiger partial charge in [-0.2, -0.15) is 0 Å². The summed E-state index contributed by atoms with van der Waals surface area (Å²) < 4.78 is 5.96. The van der Waals surface area contributed by atoms with Crippen molar-refractivity contribution in [2.75, 3.05) is 13.6 Å². The normalized spacial score (nSPS) is 24.6. The van der Waals surface area contributed by atoms with Gasteiger partial charge in [0.25, 0.3) is 0 Å². The molecule has 0 spiro atoms. The van der Waals surface area contributed by atoms with E-state index in [9.17, 15) is 0 Å². The highest BCUT2D eigenvalue weighted by atomic mass is 35.5. The number of hydrogen-bond donors (Lipinski definition) is 1. The fourth-order valence-electron chi connectivity index (χ4n) is 2.46. The molecular weight excluding hydrogens is 234 g/mol. The number of halogens is 1. The standard InChI is InChI=1S/C14H20ClNO/c1-16-10-11-6-8-12(9-7-11)17-14-5-3-2-4-13(14)15/h2-5,11-12,16H,6-10H2,1H3. The predicted molar refractivity (Wildman–Crippen MR) is 71.8 cm³/mol. The minimum Gasteiger partial charge on any atom is -0.489 e. The third kappa shape index (κ3) is 3.62. The van der Waals surface area contributed by atoms with E-state index in [0.29, 0.717) is 11.1 Å². The van der Waals surface area contributed by atoms with Crippen LogP contribution in [-0.4, -0.2) is 19.7 Å². The average molecular weight is 254 g/mol. The van der Waals surface area contributed by atoms with Gasteiger partial charge in [-0.25, -0.2) is 0 Å². The van der Waals surface area contributed by atoms with Gasteiger partial charge < -0.3 is 10.1 Å². The molecule has 2 nitrogen and oxygen atoms in total. The zero-order valence-electron chi connectivity index (χ0n) is 10.3. The van der Waals surface area contributed by atoms with Crippen LogP contribution in [0.5, 0.6) is 5.75 Å². The van der Waals surface area contributed by atoms with Crippen molar-refractivity contribution in [3.63, 3.8) is 0 Å². The van der Waals surface area contributed by atoms with Gasteiger partial charge in [0.05, 0.1) is 11.1 Å². The van der Waals surface area contributed by atoms with Crippen LogP contribution in [0.15, 0.2) is 24.3 Å². The van der Waals surface area contributed by atoms with Crippen LogP contribution >= 0.6 is 11.6 Å². The Morgan fingerprint density at radius 2 is 1.94 bits per heavy atom. The maximum absolute atomic E-state index is 6.09. The molecule has 0 bridgehead atoms. The molecule has 1 aliphatic carbocycles. The summed E-state index contributed by atoms with van der Waals surface area (Å²) in [5.41, 5.74) is 0. The Morgan fingerprint density at radius 3 is 2.59 bits per heavy atom. The molecule has 0 atom stereocenters. The topological polar surface area (TPSA) is 21.3 Å². The largest absolute Gasteiger partial charge is 0.489 e. The molecule has 1 aromatic carbocycles. The molecule has 1 fully saturated rings. The Kier molecular flexibility index (Phi) is 4.69. The monoisotopic (exact) mass is 253 g/mol. The summed E-state index contributed by atoms with van der Waals surface area (Å²) in [4.78, 5) is 0. The lowest BCUT2D eigenvalue weighted by molar-refractivity contribution is 0.131. The van der Waals surface area contributed by atoms with Gasteiger partial charge >= 0.3 is 0 Å². The Balaban J connectivity index is 1.84. The number of nitrogens with one attached hydrogen (secondary N) is 1. The predicted octanol–water partition coefficient (Wildman–Crippen LogP) is 3.50. The number of ether oxygens (including phenoxy) is 1. The van der Waals surface area contributed by atoms with E-state index in [1.54, 1.807) is 0 Å². The van der Waals surface area contributed by atoms with Crippen LogP contribution in [0.3, 0.4) is 0 Å². The van der Waals surface area contributed by atoms with E-state index in [4.69, 9.17) is 16.3 Å². The van der Waals surface area contributed by atoms with Gasteiger partial charge in [0.15, 0.2) is 0 Å². The Morgan fingerprint density at radius 1 is 1.24 bits per heavy atom. The van der Waals surface area contributed by atoms with E-state index in [-0.39, 0.29) is 0 Å². The quantitative estimate of drug-likeness (QED) is 0.887. The number of rotatable bonds is 4. The summed E-state index contributed by atoms with van der Waals surface area (Å²) in [6.07, 6.45) is 5.10. The molecule has 17 heavy (non-hydrogen) atoms. The molecule has 0 amide bonds. The molecular formula is C14H20ClNO. The lowest BCUT2D eigenvalue weighted by atomic mass is 9.87. The first-order valence-corrected chi connectivity index (χ1v) is 6.73. The Bertz CT molecular complexity index is 348.